The van der Waals surface area contributed by atoms with Gasteiger partial charge in [-0.25, -0.2) is 0 Å². The van der Waals surface area contributed by atoms with Crippen LogP contribution < -0.4 is 0 Å². The van der Waals surface area contributed by atoms with E-state index in [2.05, 4.69) is 13.8 Å². The number of ketones is 1. The van der Waals surface area contributed by atoms with Crippen molar-refractivity contribution in [2.24, 2.45) is 0 Å². The Bertz CT molecular complexity index is 309. The van der Waals surface area contributed by atoms with Gasteiger partial charge in [-0.3, -0.25) is 9.59 Å². The maximum atomic E-state index is 11.3. The molecule has 17 heavy (non-hydrogen) atoms. The second kappa shape index (κ2) is 4.90. The minimum atomic E-state index is -2.20. The maximum absolute atomic E-state index is 11.3. The van der Waals surface area contributed by atoms with Gasteiger partial charge in [0.15, 0.2) is 14.1 Å². The van der Waals surface area contributed by atoms with Crippen LogP contribution in [0.15, 0.2) is 0 Å². The minimum Gasteiger partial charge on any atom is -0.432 e. The van der Waals surface area contributed by atoms with Gasteiger partial charge < -0.3 is 9.70 Å². The number of rotatable bonds is 5. The molecule has 0 aliphatic carbocycles. The van der Waals surface area contributed by atoms with E-state index in [0.717, 1.165) is 19.3 Å². The van der Waals surface area contributed by atoms with Gasteiger partial charge in [0.1, 0.15) is 0 Å². The van der Waals surface area contributed by atoms with Crippen LogP contribution in [0.3, 0.4) is 0 Å². The molecule has 1 fully saturated rings. The van der Waals surface area contributed by atoms with E-state index in [0.29, 0.717) is 6.42 Å². The van der Waals surface area contributed by atoms with Crippen molar-refractivity contribution >= 4 is 20.5 Å². The Hall–Kier alpha value is -0.683. The first-order valence-electron chi connectivity index (χ1n) is 6.12. The van der Waals surface area contributed by atoms with E-state index in [-0.39, 0.29) is 23.4 Å². The summed E-state index contributed by atoms with van der Waals surface area (Å²) in [7, 11) is -2.20. The summed E-state index contributed by atoms with van der Waals surface area (Å²) in [5.41, 5.74) is 0. The highest BCUT2D eigenvalue weighted by atomic mass is 28.4. The Kier molecular flexibility index (Phi) is 4.14. The van der Waals surface area contributed by atoms with Gasteiger partial charge in [0.2, 0.25) is 6.41 Å². The molecule has 1 atom stereocenters. The predicted octanol–water partition coefficient (Wildman–Crippen LogP) is 1.54. The highest BCUT2D eigenvalue weighted by Gasteiger charge is 2.39. The fourth-order valence-corrected chi connectivity index (χ4v) is 2.76. The van der Waals surface area contributed by atoms with Gasteiger partial charge >= 0.3 is 0 Å². The standard InChI is InChI=1S/C12H23NO3Si/c1-12(2,17(3,4)16)6-5-10-7-11(15)8-13(10)9-14/h9-10,16H,5-8H2,1-4H3/t10-/m1/s1. The number of carbonyl (C=O) groups is 2. The smallest absolute Gasteiger partial charge is 0.210 e. The zero-order chi connectivity index (χ0) is 13.3. The molecule has 0 unspecified atom stereocenters. The average molecular weight is 257 g/mol. The van der Waals surface area contributed by atoms with Crippen LogP contribution in [-0.4, -0.2) is 42.8 Å². The molecule has 4 nitrogen and oxygen atoms in total. The summed E-state index contributed by atoms with van der Waals surface area (Å²) in [6, 6.07) is 0.0376. The molecular formula is C12H23NO3Si. The molecule has 0 aromatic carbocycles. The molecule has 0 saturated carbocycles. The zero-order valence-corrected chi connectivity index (χ0v) is 12.2. The maximum Gasteiger partial charge on any atom is 0.210 e. The molecule has 1 rings (SSSR count). The van der Waals surface area contributed by atoms with Crippen LogP contribution in [0.4, 0.5) is 0 Å². The summed E-state index contributed by atoms with van der Waals surface area (Å²) in [4.78, 5) is 33.9. The lowest BCUT2D eigenvalue weighted by Crippen LogP contribution is -2.40. The number of hydrogen-bond donors (Lipinski definition) is 1. The van der Waals surface area contributed by atoms with Gasteiger partial charge in [-0.1, -0.05) is 13.8 Å². The van der Waals surface area contributed by atoms with Crippen molar-refractivity contribution in [1.29, 1.82) is 0 Å². The zero-order valence-electron chi connectivity index (χ0n) is 11.2. The minimum absolute atomic E-state index is 0.0376. The van der Waals surface area contributed by atoms with Gasteiger partial charge in [-0.15, -0.1) is 0 Å². The molecule has 0 bridgehead atoms. The van der Waals surface area contributed by atoms with Crippen molar-refractivity contribution in [2.75, 3.05) is 6.54 Å². The Morgan fingerprint density at radius 3 is 2.59 bits per heavy atom. The van der Waals surface area contributed by atoms with Crippen molar-refractivity contribution in [2.45, 2.75) is 57.3 Å². The lowest BCUT2D eigenvalue weighted by Gasteiger charge is -2.36. The lowest BCUT2D eigenvalue weighted by molar-refractivity contribution is -0.122. The number of hydrogen-bond acceptors (Lipinski definition) is 3. The van der Waals surface area contributed by atoms with Gasteiger partial charge in [0.25, 0.3) is 0 Å². The molecule has 1 heterocycles. The van der Waals surface area contributed by atoms with Crippen molar-refractivity contribution < 1.29 is 14.4 Å². The monoisotopic (exact) mass is 257 g/mol. The van der Waals surface area contributed by atoms with Crippen LogP contribution in [0, 0.1) is 0 Å². The first-order chi connectivity index (χ1) is 7.67. The van der Waals surface area contributed by atoms with Crippen LogP contribution in [0.2, 0.25) is 18.1 Å². The van der Waals surface area contributed by atoms with Gasteiger partial charge in [-0.05, 0) is 31.0 Å². The normalized spacial score (nSPS) is 22.1. The molecular weight excluding hydrogens is 234 g/mol. The van der Waals surface area contributed by atoms with Crippen molar-refractivity contribution in [3.8, 4) is 0 Å². The Morgan fingerprint density at radius 1 is 1.53 bits per heavy atom. The van der Waals surface area contributed by atoms with Crippen LogP contribution in [-0.2, 0) is 9.59 Å². The number of likely N-dealkylation sites (tertiary alicyclic amines) is 1. The molecule has 5 heteroatoms. The first kappa shape index (κ1) is 14.4. The fraction of sp³-hybridized carbons (Fsp3) is 0.833. The third kappa shape index (κ3) is 3.39. The van der Waals surface area contributed by atoms with Crippen molar-refractivity contribution in [1.82, 2.24) is 4.90 Å². The predicted molar refractivity (Wildman–Crippen MR) is 69.2 cm³/mol. The van der Waals surface area contributed by atoms with E-state index in [1.165, 1.54) is 0 Å². The largest absolute Gasteiger partial charge is 0.432 e. The molecule has 1 amide bonds. The molecule has 0 aromatic heterocycles. The van der Waals surface area contributed by atoms with E-state index in [9.17, 15) is 14.4 Å². The number of carbonyl (C=O) groups excluding carboxylic acids is 2. The van der Waals surface area contributed by atoms with E-state index < -0.39 is 8.32 Å². The summed E-state index contributed by atoms with van der Waals surface area (Å²) in [5.74, 6) is 0.139. The highest BCUT2D eigenvalue weighted by Crippen LogP contribution is 2.41. The number of amides is 1. The summed E-state index contributed by atoms with van der Waals surface area (Å²) in [6.07, 6.45) is 2.89. The molecule has 1 aliphatic rings. The highest BCUT2D eigenvalue weighted by molar-refractivity contribution is 6.72. The van der Waals surface area contributed by atoms with Crippen LogP contribution >= 0.6 is 0 Å². The molecule has 98 valence electrons. The third-order valence-electron chi connectivity index (χ3n) is 4.19. The van der Waals surface area contributed by atoms with Crippen LogP contribution in [0.25, 0.3) is 0 Å². The molecule has 1 aliphatic heterocycles. The summed E-state index contributed by atoms with van der Waals surface area (Å²) in [5, 5.41) is -0.0901. The van der Waals surface area contributed by atoms with Crippen LogP contribution in [0.1, 0.15) is 33.1 Å². The molecule has 1 N–H and O–H groups in total. The van der Waals surface area contributed by atoms with E-state index in [1.54, 1.807) is 4.90 Å². The SMILES string of the molecule is CC(C)(CC[C@@H]1CC(=O)CN1C=O)[Si](C)(C)O. The molecule has 0 spiro atoms. The van der Waals surface area contributed by atoms with Gasteiger partial charge in [-0.2, -0.15) is 0 Å². The topological polar surface area (TPSA) is 57.6 Å². The Balaban J connectivity index is 2.56. The average Bonchev–Trinajstić information content (AvgIpc) is 2.54. The van der Waals surface area contributed by atoms with Crippen molar-refractivity contribution in [3.05, 3.63) is 0 Å². The molecule has 0 aromatic rings. The third-order valence-corrected chi connectivity index (χ3v) is 7.75. The van der Waals surface area contributed by atoms with Crippen molar-refractivity contribution in [3.63, 3.8) is 0 Å². The number of Topliss-reactive ketones (excluding diaryl/α,β-unsaturated/α-hetero) is 1. The fourth-order valence-electron chi connectivity index (χ4n) is 2.00. The first-order valence-corrected chi connectivity index (χ1v) is 9.07. The Labute approximate surface area is 104 Å². The Morgan fingerprint density at radius 2 is 2.12 bits per heavy atom. The quantitative estimate of drug-likeness (QED) is 0.600. The molecule has 0 radical (unpaired) electrons. The van der Waals surface area contributed by atoms with E-state index >= 15 is 0 Å². The number of nitrogens with zero attached hydrogens (tertiary/aromatic N) is 1. The van der Waals surface area contributed by atoms with Gasteiger partial charge in [0.05, 0.1) is 6.54 Å². The van der Waals surface area contributed by atoms with E-state index in [1.807, 2.05) is 13.1 Å². The van der Waals surface area contributed by atoms with Crippen LogP contribution in [0.5, 0.6) is 0 Å². The summed E-state index contributed by atoms with van der Waals surface area (Å²) in [6.45, 7) is 8.27. The second-order valence-electron chi connectivity index (χ2n) is 6.16. The molecule has 1 saturated heterocycles. The lowest BCUT2D eigenvalue weighted by atomic mass is 10.0. The summed E-state index contributed by atoms with van der Waals surface area (Å²) < 4.78 is 0. The summed E-state index contributed by atoms with van der Waals surface area (Å²) >= 11 is 0. The second-order valence-corrected chi connectivity index (χ2v) is 10.6. The van der Waals surface area contributed by atoms with E-state index in [4.69, 9.17) is 0 Å². The van der Waals surface area contributed by atoms with Gasteiger partial charge in [0, 0.05) is 12.5 Å².